The van der Waals surface area contributed by atoms with E-state index in [1.165, 1.54) is 5.69 Å². The average Bonchev–Trinajstić information content (AvgIpc) is 3.84. The molecule has 2 amide bonds. The number of nitrogens with zero attached hydrogens (tertiary/aromatic N) is 6. The molecule has 0 aliphatic carbocycles. The number of unbranched alkanes of at least 4 members (excludes halogenated alkanes) is 2. The maximum Gasteiger partial charge on any atom is 0.260 e. The molecule has 9 rings (SSSR count). The normalized spacial score (nSPS) is 19.6. The molecule has 1 saturated heterocycles. The van der Waals surface area contributed by atoms with Crippen LogP contribution in [0.1, 0.15) is 69.5 Å². The first kappa shape index (κ1) is 39.1. The topological polar surface area (TPSA) is 126 Å². The van der Waals surface area contributed by atoms with E-state index >= 15 is 0 Å². The molecule has 0 bridgehead atoms. The fraction of sp³-hybridized carbons (Fsp3) is 0.333. The molecule has 308 valence electrons. The standard InChI is InChI=1S/C48H51N7O5/c1-31-20-40-42(50-28-39-23-35(30-55(39)47(40)56)33-8-7-9-36(49)21-33)25-44(31)59-18-5-4-6-19-60-46-26-43-41(24-45(46)58-3)48(57)54-29-34(22-38(54)27-51-43)32-10-12-37(13-11-32)53-16-14-52(2)15-17-53/h7-13,20-21,24-30,38-39H,4-6,14-19,22-23,49H2,1-3H3/t38-,39-/m0/s1. The highest BCUT2D eigenvalue weighted by Crippen LogP contribution is 2.41. The summed E-state index contributed by atoms with van der Waals surface area (Å²) in [5, 5.41) is 0. The minimum Gasteiger partial charge on any atom is -0.493 e. The lowest BCUT2D eigenvalue weighted by Crippen LogP contribution is -2.44. The number of methoxy groups -OCH3 is 1. The Bertz CT molecular complexity index is 2430. The van der Waals surface area contributed by atoms with Gasteiger partial charge in [-0.1, -0.05) is 24.3 Å². The van der Waals surface area contributed by atoms with Crippen LogP contribution in [-0.2, 0) is 0 Å². The number of aliphatic imine (C=N–C) groups is 2. The second-order valence-corrected chi connectivity index (χ2v) is 16.2. The zero-order chi connectivity index (χ0) is 41.3. The molecule has 12 nitrogen and oxygen atoms in total. The van der Waals surface area contributed by atoms with Crippen LogP contribution in [0.4, 0.5) is 22.7 Å². The monoisotopic (exact) mass is 805 g/mol. The van der Waals surface area contributed by atoms with Crippen LogP contribution >= 0.6 is 0 Å². The van der Waals surface area contributed by atoms with Crippen LogP contribution in [0, 0.1) is 6.92 Å². The Hall–Kier alpha value is -6.40. The van der Waals surface area contributed by atoms with E-state index in [4.69, 9.17) is 29.9 Å². The van der Waals surface area contributed by atoms with Crippen LogP contribution in [0.3, 0.4) is 0 Å². The molecule has 0 saturated carbocycles. The Morgan fingerprint density at radius 2 is 1.28 bits per heavy atom. The highest BCUT2D eigenvalue weighted by Gasteiger charge is 2.35. The Morgan fingerprint density at radius 1 is 0.683 bits per heavy atom. The van der Waals surface area contributed by atoms with Crippen LogP contribution < -0.4 is 24.8 Å². The predicted octanol–water partition coefficient (Wildman–Crippen LogP) is 7.91. The lowest BCUT2D eigenvalue weighted by atomic mass is 10.0. The molecule has 4 aromatic rings. The number of hydrogen-bond acceptors (Lipinski definition) is 10. The zero-order valence-corrected chi connectivity index (χ0v) is 34.5. The number of aryl methyl sites for hydroxylation is 1. The van der Waals surface area contributed by atoms with E-state index in [1.54, 1.807) is 23.0 Å². The number of ether oxygens (including phenoxy) is 3. The third-order valence-corrected chi connectivity index (χ3v) is 12.1. The van der Waals surface area contributed by atoms with Gasteiger partial charge in [-0.05, 0) is 97.5 Å². The van der Waals surface area contributed by atoms with Crippen molar-refractivity contribution in [3.8, 4) is 17.2 Å². The molecular formula is C48H51N7O5. The first-order valence-corrected chi connectivity index (χ1v) is 20.9. The molecule has 4 aromatic carbocycles. The number of nitrogens with two attached hydrogens (primary N) is 1. The predicted molar refractivity (Wildman–Crippen MR) is 237 cm³/mol. The number of hydrogen-bond donors (Lipinski definition) is 1. The fourth-order valence-corrected chi connectivity index (χ4v) is 8.59. The molecule has 0 unspecified atom stereocenters. The molecule has 5 heterocycles. The first-order chi connectivity index (χ1) is 29.2. The van der Waals surface area contributed by atoms with Crippen LogP contribution in [0.25, 0.3) is 11.1 Å². The summed E-state index contributed by atoms with van der Waals surface area (Å²) >= 11 is 0. The van der Waals surface area contributed by atoms with Gasteiger partial charge in [-0.25, -0.2) is 0 Å². The lowest BCUT2D eigenvalue weighted by molar-refractivity contribution is 0.0809. The largest absolute Gasteiger partial charge is 0.493 e. The van der Waals surface area contributed by atoms with E-state index < -0.39 is 0 Å². The highest BCUT2D eigenvalue weighted by atomic mass is 16.5. The van der Waals surface area contributed by atoms with Crippen molar-refractivity contribution in [1.82, 2.24) is 14.7 Å². The lowest BCUT2D eigenvalue weighted by Gasteiger charge is -2.34. The van der Waals surface area contributed by atoms with Crippen molar-refractivity contribution in [3.05, 3.63) is 113 Å². The van der Waals surface area contributed by atoms with Gasteiger partial charge < -0.3 is 39.5 Å². The van der Waals surface area contributed by atoms with Gasteiger partial charge in [-0.3, -0.25) is 19.6 Å². The summed E-state index contributed by atoms with van der Waals surface area (Å²) in [6.45, 7) is 7.13. The molecular weight excluding hydrogens is 755 g/mol. The molecule has 2 atom stereocenters. The van der Waals surface area contributed by atoms with Crippen molar-refractivity contribution in [1.29, 1.82) is 0 Å². The van der Waals surface area contributed by atoms with Gasteiger partial charge >= 0.3 is 0 Å². The molecule has 0 spiro atoms. The second kappa shape index (κ2) is 16.7. The average molecular weight is 806 g/mol. The summed E-state index contributed by atoms with van der Waals surface area (Å²) in [5.74, 6) is 1.60. The highest BCUT2D eigenvalue weighted by molar-refractivity contribution is 6.06. The zero-order valence-electron chi connectivity index (χ0n) is 34.5. The summed E-state index contributed by atoms with van der Waals surface area (Å²) in [6, 6.07) is 23.4. The number of fused-ring (bicyclic) bond motifs is 4. The van der Waals surface area contributed by atoms with Crippen molar-refractivity contribution in [2.45, 2.75) is 51.1 Å². The quantitative estimate of drug-likeness (QED) is 0.113. The Morgan fingerprint density at radius 3 is 1.92 bits per heavy atom. The number of piperazine rings is 1. The van der Waals surface area contributed by atoms with E-state index in [0.29, 0.717) is 65.7 Å². The minimum atomic E-state index is -0.163. The van der Waals surface area contributed by atoms with E-state index in [9.17, 15) is 9.59 Å². The van der Waals surface area contributed by atoms with Gasteiger partial charge in [0.05, 0.1) is 54.9 Å². The van der Waals surface area contributed by atoms with Crippen molar-refractivity contribution in [2.24, 2.45) is 9.98 Å². The molecule has 2 N–H and O–H groups in total. The van der Waals surface area contributed by atoms with Gasteiger partial charge in [0.1, 0.15) is 5.75 Å². The third-order valence-electron chi connectivity index (χ3n) is 12.1. The summed E-state index contributed by atoms with van der Waals surface area (Å²) in [4.78, 5) is 45.4. The summed E-state index contributed by atoms with van der Waals surface area (Å²) in [5.41, 5.74) is 15.4. The minimum absolute atomic E-state index is 0.0735. The molecule has 12 heteroatoms. The van der Waals surface area contributed by atoms with Crippen molar-refractivity contribution >= 4 is 58.1 Å². The number of benzene rings is 4. The SMILES string of the molecule is COc1cc2c(cc1OCCCCCOc1cc3c(cc1C)C(=O)N1C=C(c4cccc(N)c4)C[C@H]1C=N3)N=C[C@@H]1CC(c3ccc(N4CCN(C)CC4)cc3)=CN1C2=O. The Labute approximate surface area is 351 Å². The summed E-state index contributed by atoms with van der Waals surface area (Å²) < 4.78 is 18.1. The number of carbonyl (C=O) groups is 2. The van der Waals surface area contributed by atoms with Gasteiger partial charge in [0.25, 0.3) is 11.8 Å². The van der Waals surface area contributed by atoms with Gasteiger partial charge in [-0.15, -0.1) is 0 Å². The molecule has 1 fully saturated rings. The fourth-order valence-electron chi connectivity index (χ4n) is 8.59. The van der Waals surface area contributed by atoms with Crippen LogP contribution in [-0.4, -0.2) is 105 Å². The maximum absolute atomic E-state index is 13.9. The van der Waals surface area contributed by atoms with Crippen molar-refractivity contribution < 1.29 is 23.8 Å². The number of amides is 2. The second-order valence-electron chi connectivity index (χ2n) is 16.2. The third kappa shape index (κ3) is 7.87. The molecule has 60 heavy (non-hydrogen) atoms. The smallest absolute Gasteiger partial charge is 0.260 e. The number of rotatable bonds is 12. The van der Waals surface area contributed by atoms with Crippen LogP contribution in [0.15, 0.2) is 95.2 Å². The van der Waals surface area contributed by atoms with Crippen molar-refractivity contribution in [2.75, 3.05) is 64.2 Å². The summed E-state index contributed by atoms with van der Waals surface area (Å²) in [7, 11) is 3.75. The molecule has 0 aromatic heterocycles. The van der Waals surface area contributed by atoms with Crippen LogP contribution in [0.5, 0.6) is 17.2 Å². The number of anilines is 2. The molecule has 0 radical (unpaired) electrons. The van der Waals surface area contributed by atoms with Gasteiger partial charge in [0.15, 0.2) is 11.5 Å². The first-order valence-electron chi connectivity index (χ1n) is 20.9. The number of likely N-dealkylation sites (N-methyl/N-ethyl adjacent to an activating group) is 1. The number of nitrogen functional groups attached to an aromatic ring is 1. The maximum atomic E-state index is 13.9. The van der Waals surface area contributed by atoms with Crippen molar-refractivity contribution in [3.63, 3.8) is 0 Å². The van der Waals surface area contributed by atoms with E-state index in [2.05, 4.69) is 41.1 Å². The molecule has 5 aliphatic rings. The Balaban J connectivity index is 0.767. The number of carbonyl (C=O) groups excluding carboxylic acids is 2. The van der Waals surface area contributed by atoms with E-state index in [0.717, 1.165) is 79.0 Å². The Kier molecular flexibility index (Phi) is 10.9. The summed E-state index contributed by atoms with van der Waals surface area (Å²) in [6.07, 6.45) is 11.5. The molecule has 5 aliphatic heterocycles. The van der Waals surface area contributed by atoms with Gasteiger partial charge in [0, 0.05) is 87.4 Å². The van der Waals surface area contributed by atoms with Gasteiger partial charge in [-0.2, -0.15) is 0 Å². The van der Waals surface area contributed by atoms with Crippen LogP contribution in [0.2, 0.25) is 0 Å². The van der Waals surface area contributed by atoms with E-state index in [1.807, 2.05) is 74.2 Å². The van der Waals surface area contributed by atoms with Gasteiger partial charge in [0.2, 0.25) is 0 Å². The van der Waals surface area contributed by atoms with E-state index in [-0.39, 0.29) is 23.9 Å².